The van der Waals surface area contributed by atoms with Gasteiger partial charge in [-0.1, -0.05) is 17.9 Å². The lowest BCUT2D eigenvalue weighted by Gasteiger charge is -2.18. The zero-order chi connectivity index (χ0) is 11.3. The van der Waals surface area contributed by atoms with Crippen molar-refractivity contribution >= 4 is 13.8 Å². The Morgan fingerprint density at radius 1 is 1.27 bits per heavy atom. The van der Waals surface area contributed by atoms with Gasteiger partial charge in [0, 0.05) is 5.69 Å². The highest BCUT2D eigenvalue weighted by Gasteiger charge is 2.19. The summed E-state index contributed by atoms with van der Waals surface area (Å²) in [6.07, 6.45) is 0.671. The minimum atomic E-state index is -1.62. The van der Waals surface area contributed by atoms with Gasteiger partial charge in [0.1, 0.15) is 13.8 Å². The van der Waals surface area contributed by atoms with Crippen LogP contribution in [0.25, 0.3) is 0 Å². The van der Waals surface area contributed by atoms with Crippen LogP contribution in [0.2, 0.25) is 6.55 Å². The number of benzene rings is 1. The molecule has 2 N–H and O–H groups in total. The Kier molecular flexibility index (Phi) is 3.74. The van der Waals surface area contributed by atoms with Gasteiger partial charge in [0.25, 0.3) is 0 Å². The van der Waals surface area contributed by atoms with Gasteiger partial charge in [-0.3, -0.25) is 0 Å². The second kappa shape index (κ2) is 4.84. The van der Waals surface area contributed by atoms with E-state index in [9.17, 15) is 0 Å². The zero-order valence-electron chi connectivity index (χ0n) is 9.07. The molecule has 80 valence electrons. The SMILES string of the molecule is C=C[Si](C)(C=C)COc1ccc(N)cc1. The molecule has 0 heterocycles. The van der Waals surface area contributed by atoms with Crippen LogP contribution in [0, 0.1) is 0 Å². The zero-order valence-corrected chi connectivity index (χ0v) is 10.1. The molecule has 0 spiro atoms. The lowest BCUT2D eigenvalue weighted by Crippen LogP contribution is -2.33. The molecule has 15 heavy (non-hydrogen) atoms. The number of hydrogen-bond donors (Lipinski definition) is 1. The van der Waals surface area contributed by atoms with Crippen molar-refractivity contribution in [2.24, 2.45) is 0 Å². The van der Waals surface area contributed by atoms with Crippen LogP contribution in [0.15, 0.2) is 48.8 Å². The molecule has 0 atom stereocenters. The minimum Gasteiger partial charge on any atom is -0.496 e. The van der Waals surface area contributed by atoms with Gasteiger partial charge in [-0.05, 0) is 24.3 Å². The first-order chi connectivity index (χ1) is 7.09. The van der Waals surface area contributed by atoms with Crippen molar-refractivity contribution < 1.29 is 4.74 Å². The van der Waals surface area contributed by atoms with Gasteiger partial charge in [0.05, 0.1) is 6.23 Å². The number of nitrogens with two attached hydrogens (primary N) is 1. The molecule has 0 radical (unpaired) electrons. The molecular weight excluding hydrogens is 202 g/mol. The fourth-order valence-electron chi connectivity index (χ4n) is 1.00. The van der Waals surface area contributed by atoms with Crippen molar-refractivity contribution in [2.75, 3.05) is 12.0 Å². The highest BCUT2D eigenvalue weighted by Crippen LogP contribution is 2.15. The van der Waals surface area contributed by atoms with E-state index in [1.165, 1.54) is 0 Å². The summed E-state index contributed by atoms with van der Waals surface area (Å²) in [4.78, 5) is 0. The maximum absolute atomic E-state index is 5.67. The average molecular weight is 219 g/mol. The summed E-state index contributed by atoms with van der Waals surface area (Å²) in [5, 5.41) is 0. The topological polar surface area (TPSA) is 35.2 Å². The van der Waals surface area contributed by atoms with Gasteiger partial charge in [-0.15, -0.1) is 13.2 Å². The predicted octanol–water partition coefficient (Wildman–Crippen LogP) is 2.72. The third-order valence-corrected chi connectivity index (χ3v) is 4.99. The maximum atomic E-state index is 5.67. The highest BCUT2D eigenvalue weighted by molar-refractivity contribution is 6.87. The smallest absolute Gasteiger partial charge is 0.141 e. The second-order valence-electron chi connectivity index (χ2n) is 3.77. The number of hydrogen-bond acceptors (Lipinski definition) is 2. The average Bonchev–Trinajstić information content (AvgIpc) is 2.28. The predicted molar refractivity (Wildman–Crippen MR) is 68.4 cm³/mol. The van der Waals surface area contributed by atoms with Gasteiger partial charge in [-0.25, -0.2) is 0 Å². The molecule has 0 aliphatic carbocycles. The normalized spacial score (nSPS) is 10.7. The van der Waals surface area contributed by atoms with Crippen LogP contribution in [-0.4, -0.2) is 14.3 Å². The van der Waals surface area contributed by atoms with E-state index in [0.717, 1.165) is 11.4 Å². The first-order valence-corrected chi connectivity index (χ1v) is 7.71. The Morgan fingerprint density at radius 2 is 1.80 bits per heavy atom. The summed E-state index contributed by atoms with van der Waals surface area (Å²) in [5.74, 6) is 0.839. The third-order valence-electron chi connectivity index (χ3n) is 2.36. The largest absolute Gasteiger partial charge is 0.496 e. The number of rotatable bonds is 5. The molecule has 0 aliphatic heterocycles. The molecule has 0 aliphatic rings. The van der Waals surface area contributed by atoms with E-state index in [1.54, 1.807) is 0 Å². The molecule has 0 unspecified atom stereocenters. The second-order valence-corrected chi connectivity index (χ2v) is 7.89. The molecule has 0 amide bonds. The summed E-state index contributed by atoms with van der Waals surface area (Å²) in [7, 11) is -1.62. The minimum absolute atomic E-state index is 0.671. The fraction of sp³-hybridized carbons (Fsp3) is 0.167. The van der Waals surface area contributed by atoms with Crippen LogP contribution in [-0.2, 0) is 0 Å². The van der Waals surface area contributed by atoms with Gasteiger partial charge in [0.2, 0.25) is 0 Å². The van der Waals surface area contributed by atoms with Crippen molar-refractivity contribution in [1.82, 2.24) is 0 Å². The van der Waals surface area contributed by atoms with Crippen LogP contribution in [0.3, 0.4) is 0 Å². The number of nitrogen functional groups attached to an aromatic ring is 1. The van der Waals surface area contributed by atoms with Gasteiger partial charge < -0.3 is 10.5 Å². The quantitative estimate of drug-likeness (QED) is 0.610. The molecular formula is C12H17NOSi. The molecule has 1 aromatic rings. The van der Waals surface area contributed by atoms with E-state index >= 15 is 0 Å². The molecule has 0 saturated heterocycles. The fourth-order valence-corrected chi connectivity index (χ4v) is 1.88. The van der Waals surface area contributed by atoms with Crippen molar-refractivity contribution in [1.29, 1.82) is 0 Å². The van der Waals surface area contributed by atoms with Crippen molar-refractivity contribution in [3.8, 4) is 5.75 Å². The first kappa shape index (κ1) is 11.6. The molecule has 0 saturated carbocycles. The Morgan fingerprint density at radius 3 is 2.27 bits per heavy atom. The number of anilines is 1. The van der Waals surface area contributed by atoms with E-state index in [2.05, 4.69) is 19.7 Å². The van der Waals surface area contributed by atoms with Crippen LogP contribution >= 0.6 is 0 Å². The van der Waals surface area contributed by atoms with Crippen molar-refractivity contribution in [3.63, 3.8) is 0 Å². The van der Waals surface area contributed by atoms with E-state index in [1.807, 2.05) is 35.7 Å². The van der Waals surface area contributed by atoms with Gasteiger partial charge in [-0.2, -0.15) is 0 Å². The van der Waals surface area contributed by atoms with Crippen molar-refractivity contribution in [3.05, 3.63) is 48.8 Å². The molecule has 0 bridgehead atoms. The van der Waals surface area contributed by atoms with Crippen LogP contribution in [0.4, 0.5) is 5.69 Å². The summed E-state index contributed by atoms with van der Waals surface area (Å²) in [6, 6.07) is 7.40. The highest BCUT2D eigenvalue weighted by atomic mass is 28.3. The van der Waals surface area contributed by atoms with E-state index in [-0.39, 0.29) is 0 Å². The lowest BCUT2D eigenvalue weighted by molar-refractivity contribution is 0.380. The van der Waals surface area contributed by atoms with E-state index in [0.29, 0.717) is 6.23 Å². The third kappa shape index (κ3) is 3.29. The monoisotopic (exact) mass is 219 g/mol. The molecule has 2 nitrogen and oxygen atoms in total. The summed E-state index contributed by atoms with van der Waals surface area (Å²) >= 11 is 0. The molecule has 3 heteroatoms. The van der Waals surface area contributed by atoms with Crippen LogP contribution in [0.5, 0.6) is 5.75 Å². The maximum Gasteiger partial charge on any atom is 0.141 e. The van der Waals surface area contributed by atoms with Crippen LogP contribution < -0.4 is 10.5 Å². The van der Waals surface area contributed by atoms with Gasteiger partial charge in [0.15, 0.2) is 0 Å². The van der Waals surface area contributed by atoms with Crippen molar-refractivity contribution in [2.45, 2.75) is 6.55 Å². The summed E-state index contributed by atoms with van der Waals surface area (Å²) in [6.45, 7) is 9.80. The summed E-state index contributed by atoms with van der Waals surface area (Å²) < 4.78 is 5.67. The molecule has 0 fully saturated rings. The lowest BCUT2D eigenvalue weighted by atomic mass is 10.3. The summed E-state index contributed by atoms with van der Waals surface area (Å²) in [5.41, 5.74) is 10.3. The van der Waals surface area contributed by atoms with E-state index < -0.39 is 8.07 Å². The Labute approximate surface area is 92.1 Å². The van der Waals surface area contributed by atoms with Gasteiger partial charge >= 0.3 is 0 Å². The standard InChI is InChI=1S/C12H17NOSi/c1-4-15(3,5-2)10-14-12-8-6-11(13)7-9-12/h4-9H,1-2,10,13H2,3H3. The molecule has 0 aromatic heterocycles. The van der Waals surface area contributed by atoms with Crippen LogP contribution in [0.1, 0.15) is 0 Å². The van der Waals surface area contributed by atoms with E-state index in [4.69, 9.17) is 10.5 Å². The molecule has 1 rings (SSSR count). The Balaban J connectivity index is 2.60. The Hall–Kier alpha value is -1.48. The molecule has 1 aromatic carbocycles. The first-order valence-electron chi connectivity index (χ1n) is 4.85. The Bertz CT molecular complexity index is 337. The number of ether oxygens (including phenoxy) is 1.